The monoisotopic (exact) mass is 400 g/mol. The molecule has 3 rings (SSSR count). The fourth-order valence-corrected chi connectivity index (χ4v) is 4.62. The van der Waals surface area contributed by atoms with Crippen molar-refractivity contribution >= 4 is 0 Å². The van der Waals surface area contributed by atoms with Crippen LogP contribution in [0.25, 0.3) is 22.4 Å². The van der Waals surface area contributed by atoms with Gasteiger partial charge in [-0.2, -0.15) is 0 Å². The predicted molar refractivity (Wildman–Crippen MR) is 130 cm³/mol. The topological polar surface area (TPSA) is 3.88 Å². The van der Waals surface area contributed by atoms with E-state index in [2.05, 4.69) is 116 Å². The van der Waals surface area contributed by atoms with Crippen LogP contribution in [0.5, 0.6) is 0 Å². The Kier molecular flexibility index (Phi) is 6.22. The average molecular weight is 401 g/mol. The molecule has 0 spiro atoms. The first-order chi connectivity index (χ1) is 14.0. The van der Waals surface area contributed by atoms with Gasteiger partial charge in [-0.1, -0.05) is 65.0 Å². The van der Waals surface area contributed by atoms with Crippen molar-refractivity contribution in [2.45, 2.75) is 67.7 Å². The number of pyridine rings is 1. The Morgan fingerprint density at radius 2 is 1.53 bits per heavy atom. The van der Waals surface area contributed by atoms with Crippen molar-refractivity contribution in [3.05, 3.63) is 76.5 Å². The highest BCUT2D eigenvalue weighted by molar-refractivity contribution is 5.80. The number of benzene rings is 2. The van der Waals surface area contributed by atoms with Crippen molar-refractivity contribution in [3.63, 3.8) is 0 Å². The average Bonchev–Trinajstić information content (AvgIpc) is 2.63. The lowest BCUT2D eigenvalue weighted by Crippen LogP contribution is -2.33. The van der Waals surface area contributed by atoms with E-state index in [1.165, 1.54) is 50.2 Å². The van der Waals surface area contributed by atoms with Gasteiger partial charge in [0.2, 0.25) is 5.69 Å². The Hall–Kier alpha value is -2.41. The second-order valence-corrected chi connectivity index (χ2v) is 10.4. The molecule has 0 radical (unpaired) electrons. The molecule has 0 N–H and O–H groups in total. The van der Waals surface area contributed by atoms with Crippen molar-refractivity contribution in [1.82, 2.24) is 0 Å². The van der Waals surface area contributed by atoms with Crippen LogP contribution in [0.3, 0.4) is 0 Å². The number of nitrogens with zero attached hydrogens (tertiary/aromatic N) is 1. The van der Waals surface area contributed by atoms with Crippen molar-refractivity contribution in [3.8, 4) is 22.4 Å². The van der Waals surface area contributed by atoms with E-state index in [1.807, 2.05) is 0 Å². The van der Waals surface area contributed by atoms with Gasteiger partial charge in [-0.05, 0) is 78.0 Å². The molecule has 0 atom stereocenters. The normalized spacial score (nSPS) is 11.9. The minimum atomic E-state index is 0.259. The molecule has 0 saturated carbocycles. The Bertz CT molecular complexity index is 1060. The molecular weight excluding hydrogens is 362 g/mol. The molecule has 30 heavy (non-hydrogen) atoms. The molecule has 1 heteroatoms. The van der Waals surface area contributed by atoms with Gasteiger partial charge in [0.15, 0.2) is 6.20 Å². The van der Waals surface area contributed by atoms with Crippen LogP contribution in [0.4, 0.5) is 0 Å². The number of hydrogen-bond donors (Lipinski definition) is 0. The van der Waals surface area contributed by atoms with E-state index >= 15 is 0 Å². The second kappa shape index (κ2) is 8.38. The summed E-state index contributed by atoms with van der Waals surface area (Å²) in [4.78, 5) is 0. The molecule has 1 heterocycles. The van der Waals surface area contributed by atoms with E-state index in [1.54, 1.807) is 0 Å². The zero-order valence-electron chi connectivity index (χ0n) is 20.4. The van der Waals surface area contributed by atoms with Gasteiger partial charge in [-0.15, -0.1) is 0 Å². The van der Waals surface area contributed by atoms with Gasteiger partial charge in [0.05, 0.1) is 0 Å². The number of hydrogen-bond acceptors (Lipinski definition) is 0. The van der Waals surface area contributed by atoms with E-state index in [4.69, 9.17) is 0 Å². The third-order valence-corrected chi connectivity index (χ3v) is 6.10. The molecule has 2 aromatic carbocycles. The van der Waals surface area contributed by atoms with Crippen molar-refractivity contribution in [1.29, 1.82) is 0 Å². The van der Waals surface area contributed by atoms with Crippen LogP contribution in [0.2, 0.25) is 0 Å². The molecule has 158 valence electrons. The van der Waals surface area contributed by atoms with Gasteiger partial charge >= 0.3 is 0 Å². The van der Waals surface area contributed by atoms with Crippen molar-refractivity contribution in [2.75, 3.05) is 0 Å². The van der Waals surface area contributed by atoms with Gasteiger partial charge in [0.25, 0.3) is 0 Å². The van der Waals surface area contributed by atoms with E-state index < -0.39 is 0 Å². The van der Waals surface area contributed by atoms with Gasteiger partial charge in [-0.3, -0.25) is 0 Å². The molecule has 0 fully saturated rings. The largest absolute Gasteiger partial charge is 0.212 e. The molecule has 0 amide bonds. The first-order valence-corrected chi connectivity index (χ1v) is 11.2. The lowest BCUT2D eigenvalue weighted by molar-refractivity contribution is -0.661. The third kappa shape index (κ3) is 4.51. The molecule has 0 unspecified atom stereocenters. The minimum Gasteiger partial charge on any atom is -0.201 e. The summed E-state index contributed by atoms with van der Waals surface area (Å²) in [6.07, 6.45) is 3.44. The maximum Gasteiger partial charge on any atom is 0.212 e. The van der Waals surface area contributed by atoms with Crippen LogP contribution in [0, 0.1) is 26.2 Å². The Balaban J connectivity index is 2.25. The quantitative estimate of drug-likeness (QED) is 0.400. The van der Waals surface area contributed by atoms with Crippen LogP contribution in [-0.4, -0.2) is 0 Å². The number of aryl methyl sites for hydroxylation is 3. The molecule has 1 nitrogen and oxygen atoms in total. The molecular formula is C29H38N+. The van der Waals surface area contributed by atoms with Crippen LogP contribution in [-0.2, 0) is 13.5 Å². The fraction of sp³-hybridized carbons (Fsp3) is 0.414. The van der Waals surface area contributed by atoms with Crippen LogP contribution < -0.4 is 4.57 Å². The van der Waals surface area contributed by atoms with E-state index in [0.717, 1.165) is 6.42 Å². The fourth-order valence-electron chi connectivity index (χ4n) is 4.62. The summed E-state index contributed by atoms with van der Waals surface area (Å²) in [6, 6.07) is 15.8. The van der Waals surface area contributed by atoms with Crippen molar-refractivity contribution < 1.29 is 4.57 Å². The van der Waals surface area contributed by atoms with Crippen LogP contribution in [0.15, 0.2) is 48.7 Å². The summed E-state index contributed by atoms with van der Waals surface area (Å²) in [7, 11) is 2.19. The standard InChI is InChI=1S/C29H38N/c1-19(2)26-18-30(9)27(16-23(26)17-29(6,7)8)25-15-14-21(4)28(22(25)5)24-13-11-10-12-20(24)3/h10-16,18-19H,17H2,1-9H3/q+1. The summed E-state index contributed by atoms with van der Waals surface area (Å²) < 4.78 is 2.32. The zero-order valence-corrected chi connectivity index (χ0v) is 20.4. The molecule has 0 aliphatic rings. The molecule has 0 aliphatic heterocycles. The molecule has 0 bridgehead atoms. The zero-order chi connectivity index (χ0) is 22.2. The molecule has 0 saturated heterocycles. The highest BCUT2D eigenvalue weighted by atomic mass is 14.9. The highest BCUT2D eigenvalue weighted by Gasteiger charge is 2.23. The first kappa shape index (κ1) is 22.3. The summed E-state index contributed by atoms with van der Waals surface area (Å²) in [5.41, 5.74) is 12.5. The minimum absolute atomic E-state index is 0.259. The van der Waals surface area contributed by atoms with Crippen LogP contribution in [0.1, 0.15) is 68.4 Å². The second-order valence-electron chi connectivity index (χ2n) is 10.4. The third-order valence-electron chi connectivity index (χ3n) is 6.10. The van der Waals surface area contributed by atoms with E-state index in [9.17, 15) is 0 Å². The van der Waals surface area contributed by atoms with Gasteiger partial charge in [-0.25, -0.2) is 4.57 Å². The smallest absolute Gasteiger partial charge is 0.201 e. The maximum absolute atomic E-state index is 2.44. The highest BCUT2D eigenvalue weighted by Crippen LogP contribution is 2.36. The Labute approximate surface area is 183 Å². The number of aromatic nitrogens is 1. The van der Waals surface area contributed by atoms with Crippen molar-refractivity contribution in [2.24, 2.45) is 12.5 Å². The lowest BCUT2D eigenvalue weighted by atomic mass is 9.83. The molecule has 3 aromatic rings. The Morgan fingerprint density at radius 1 is 0.867 bits per heavy atom. The molecule has 0 aliphatic carbocycles. The van der Waals surface area contributed by atoms with Crippen LogP contribution >= 0.6 is 0 Å². The molecule has 1 aromatic heterocycles. The SMILES string of the molecule is Cc1ccccc1-c1c(C)ccc(-c2cc(CC(C)(C)C)c(C(C)C)c[n+]2C)c1C. The summed E-state index contributed by atoms with van der Waals surface area (Å²) in [6.45, 7) is 18.3. The van der Waals surface area contributed by atoms with Gasteiger partial charge in [0.1, 0.15) is 7.05 Å². The van der Waals surface area contributed by atoms with E-state index in [-0.39, 0.29) is 5.41 Å². The predicted octanol–water partition coefficient (Wildman–Crippen LogP) is 7.48. The van der Waals surface area contributed by atoms with E-state index in [0.29, 0.717) is 5.92 Å². The van der Waals surface area contributed by atoms with Gasteiger partial charge < -0.3 is 0 Å². The number of rotatable bonds is 4. The summed E-state index contributed by atoms with van der Waals surface area (Å²) >= 11 is 0. The first-order valence-electron chi connectivity index (χ1n) is 11.2. The lowest BCUT2D eigenvalue weighted by Gasteiger charge is -2.22. The maximum atomic E-state index is 2.44. The Morgan fingerprint density at radius 3 is 2.13 bits per heavy atom. The van der Waals surface area contributed by atoms with Gasteiger partial charge in [0, 0.05) is 17.2 Å². The summed E-state index contributed by atoms with van der Waals surface area (Å²) in [5, 5.41) is 0. The summed E-state index contributed by atoms with van der Waals surface area (Å²) in [5.74, 6) is 0.518.